The Kier molecular flexibility index (Phi) is 5.38. The molecule has 0 saturated heterocycles. The first-order chi connectivity index (χ1) is 8.79. The van der Waals surface area contributed by atoms with Crippen LogP contribution < -0.4 is 11.1 Å². The van der Waals surface area contributed by atoms with Crippen LogP contribution in [-0.4, -0.2) is 16.5 Å². The number of anilines is 2. The van der Waals surface area contributed by atoms with Crippen LogP contribution in [0.25, 0.3) is 0 Å². The second kappa shape index (κ2) is 6.58. The molecule has 0 atom stereocenters. The highest BCUT2D eigenvalue weighted by molar-refractivity contribution is 5.41. The summed E-state index contributed by atoms with van der Waals surface area (Å²) in [6.45, 7) is 4.84. The number of nitrogens with two attached hydrogens (primary N) is 1. The van der Waals surface area contributed by atoms with E-state index in [1.165, 1.54) is 0 Å². The molecule has 0 aliphatic rings. The first-order valence-corrected chi connectivity index (χ1v) is 6.24. The molecule has 0 spiro atoms. The molecule has 0 saturated carbocycles. The molecule has 19 heavy (non-hydrogen) atoms. The summed E-state index contributed by atoms with van der Waals surface area (Å²) in [5.74, 6) is 0.371. The lowest BCUT2D eigenvalue weighted by atomic mass is 10.1. The molecule has 0 aromatic carbocycles. The molecule has 0 unspecified atom stereocenters. The van der Waals surface area contributed by atoms with Crippen molar-refractivity contribution in [3.63, 3.8) is 0 Å². The van der Waals surface area contributed by atoms with Gasteiger partial charge >= 0.3 is 6.18 Å². The monoisotopic (exact) mass is 276 g/mol. The number of halogens is 3. The molecule has 0 aliphatic heterocycles. The molecule has 0 aliphatic carbocycles. The highest BCUT2D eigenvalue weighted by Gasteiger charge is 2.33. The zero-order chi connectivity index (χ0) is 14.5. The molecule has 0 bridgehead atoms. The molecular formula is C12H19F3N4. The van der Waals surface area contributed by atoms with Gasteiger partial charge in [0.05, 0.1) is 0 Å². The largest absolute Gasteiger partial charge is 0.433 e. The van der Waals surface area contributed by atoms with Crippen LogP contribution in [0.4, 0.5) is 24.9 Å². The lowest BCUT2D eigenvalue weighted by Crippen LogP contribution is -2.13. The van der Waals surface area contributed by atoms with E-state index in [0.717, 1.165) is 25.3 Å². The van der Waals surface area contributed by atoms with E-state index in [1.54, 1.807) is 0 Å². The summed E-state index contributed by atoms with van der Waals surface area (Å²) in [6, 6.07) is 0.874. The van der Waals surface area contributed by atoms with Crippen molar-refractivity contribution in [1.29, 1.82) is 0 Å². The lowest BCUT2D eigenvalue weighted by Gasteiger charge is -2.10. The summed E-state index contributed by atoms with van der Waals surface area (Å²) < 4.78 is 37.5. The molecule has 0 fully saturated rings. The van der Waals surface area contributed by atoms with Crippen LogP contribution >= 0.6 is 0 Å². The average Bonchev–Trinajstić information content (AvgIpc) is 2.26. The van der Waals surface area contributed by atoms with E-state index in [1.807, 2.05) is 0 Å². The van der Waals surface area contributed by atoms with E-state index < -0.39 is 11.9 Å². The molecule has 108 valence electrons. The van der Waals surface area contributed by atoms with Gasteiger partial charge in [-0.2, -0.15) is 18.2 Å². The molecule has 3 N–H and O–H groups in total. The molecule has 4 nitrogen and oxygen atoms in total. The van der Waals surface area contributed by atoms with Crippen LogP contribution in [0.2, 0.25) is 0 Å². The molecule has 0 amide bonds. The van der Waals surface area contributed by atoms with Gasteiger partial charge in [0.15, 0.2) is 5.69 Å². The minimum absolute atomic E-state index is 0.115. The number of aromatic nitrogens is 2. The third-order valence-corrected chi connectivity index (χ3v) is 2.55. The number of nitrogens with zero attached hydrogens (tertiary/aromatic N) is 2. The van der Waals surface area contributed by atoms with Crippen molar-refractivity contribution >= 4 is 11.8 Å². The van der Waals surface area contributed by atoms with E-state index >= 15 is 0 Å². The Bertz CT molecular complexity index is 404. The highest BCUT2D eigenvalue weighted by Crippen LogP contribution is 2.29. The summed E-state index contributed by atoms with van der Waals surface area (Å²) in [5.41, 5.74) is 4.24. The predicted octanol–water partition coefficient (Wildman–Crippen LogP) is 3.32. The number of unbranched alkanes of at least 4 members (excludes halogenated alkanes) is 1. The van der Waals surface area contributed by atoms with Gasteiger partial charge in [0.25, 0.3) is 0 Å². The average molecular weight is 276 g/mol. The lowest BCUT2D eigenvalue weighted by molar-refractivity contribution is -0.141. The molecule has 7 heteroatoms. The molecule has 1 heterocycles. The number of hydrogen-bond acceptors (Lipinski definition) is 4. The number of alkyl halides is 3. The fourth-order valence-electron chi connectivity index (χ4n) is 1.60. The summed E-state index contributed by atoms with van der Waals surface area (Å²) in [4.78, 5) is 6.91. The Labute approximate surface area is 110 Å². The summed E-state index contributed by atoms with van der Waals surface area (Å²) in [5, 5.41) is 2.84. The van der Waals surface area contributed by atoms with E-state index in [0.29, 0.717) is 12.5 Å². The number of rotatable bonds is 6. The molecule has 0 radical (unpaired) electrons. The van der Waals surface area contributed by atoms with Crippen molar-refractivity contribution in [2.24, 2.45) is 5.92 Å². The minimum atomic E-state index is -4.51. The fraction of sp³-hybridized carbons (Fsp3) is 0.667. The molecular weight excluding hydrogens is 257 g/mol. The maximum atomic E-state index is 12.5. The van der Waals surface area contributed by atoms with Gasteiger partial charge in [-0.1, -0.05) is 26.7 Å². The third kappa shape index (κ3) is 5.76. The molecule has 1 rings (SSSR count). The smallest absolute Gasteiger partial charge is 0.370 e. The summed E-state index contributed by atoms with van der Waals surface area (Å²) in [6.07, 6.45) is -1.51. The fourth-order valence-corrected chi connectivity index (χ4v) is 1.60. The Hall–Kier alpha value is -1.53. The third-order valence-electron chi connectivity index (χ3n) is 2.55. The predicted molar refractivity (Wildman–Crippen MR) is 68.6 cm³/mol. The van der Waals surface area contributed by atoms with Gasteiger partial charge in [-0.3, -0.25) is 0 Å². The van der Waals surface area contributed by atoms with Crippen molar-refractivity contribution in [1.82, 2.24) is 9.97 Å². The SMILES string of the molecule is CC(C)CCCCNc1cc(C(F)(F)F)nc(N)n1. The van der Waals surface area contributed by atoms with Crippen molar-refractivity contribution in [2.75, 3.05) is 17.6 Å². The Morgan fingerprint density at radius 3 is 2.53 bits per heavy atom. The van der Waals surface area contributed by atoms with Crippen LogP contribution in [0.15, 0.2) is 6.07 Å². The number of nitrogens with one attached hydrogen (secondary N) is 1. The van der Waals surface area contributed by atoms with E-state index in [-0.39, 0.29) is 11.8 Å². The van der Waals surface area contributed by atoms with Gasteiger partial charge < -0.3 is 11.1 Å². The Morgan fingerprint density at radius 1 is 1.26 bits per heavy atom. The second-order valence-corrected chi connectivity index (χ2v) is 4.81. The first kappa shape index (κ1) is 15.5. The van der Waals surface area contributed by atoms with Crippen LogP contribution in [0.5, 0.6) is 0 Å². The molecule has 1 aromatic heterocycles. The molecule has 1 aromatic rings. The van der Waals surface area contributed by atoms with Gasteiger partial charge in [0, 0.05) is 12.6 Å². The van der Waals surface area contributed by atoms with Gasteiger partial charge in [-0.15, -0.1) is 0 Å². The number of hydrogen-bond donors (Lipinski definition) is 2. The summed E-state index contributed by atoms with van der Waals surface area (Å²) in [7, 11) is 0. The van der Waals surface area contributed by atoms with E-state index in [9.17, 15) is 13.2 Å². The normalized spacial score (nSPS) is 11.9. The maximum Gasteiger partial charge on any atom is 0.433 e. The standard InChI is InChI=1S/C12H19F3N4/c1-8(2)5-3-4-6-17-10-7-9(12(13,14)15)18-11(16)19-10/h7-8H,3-6H2,1-2H3,(H3,16,17,18,19). The van der Waals surface area contributed by atoms with Crippen molar-refractivity contribution < 1.29 is 13.2 Å². The number of nitrogen functional groups attached to an aromatic ring is 1. The Morgan fingerprint density at radius 2 is 1.95 bits per heavy atom. The van der Waals surface area contributed by atoms with Gasteiger partial charge in [0.1, 0.15) is 5.82 Å². The van der Waals surface area contributed by atoms with Crippen LogP contribution in [0, 0.1) is 5.92 Å². The second-order valence-electron chi connectivity index (χ2n) is 4.81. The highest BCUT2D eigenvalue weighted by atomic mass is 19.4. The maximum absolute atomic E-state index is 12.5. The first-order valence-electron chi connectivity index (χ1n) is 6.24. The topological polar surface area (TPSA) is 63.8 Å². The van der Waals surface area contributed by atoms with Crippen molar-refractivity contribution in [3.05, 3.63) is 11.8 Å². The van der Waals surface area contributed by atoms with Gasteiger partial charge in [-0.25, -0.2) is 4.98 Å². The zero-order valence-corrected chi connectivity index (χ0v) is 11.1. The van der Waals surface area contributed by atoms with Crippen LogP contribution in [0.1, 0.15) is 38.8 Å². The van der Waals surface area contributed by atoms with Gasteiger partial charge in [0.2, 0.25) is 5.95 Å². The van der Waals surface area contributed by atoms with E-state index in [4.69, 9.17) is 5.73 Å². The van der Waals surface area contributed by atoms with Crippen molar-refractivity contribution in [2.45, 2.75) is 39.3 Å². The quantitative estimate of drug-likeness (QED) is 0.782. The summed E-state index contributed by atoms with van der Waals surface area (Å²) >= 11 is 0. The van der Waals surface area contributed by atoms with Crippen molar-refractivity contribution in [3.8, 4) is 0 Å². The van der Waals surface area contributed by atoms with Crippen LogP contribution in [-0.2, 0) is 6.18 Å². The van der Waals surface area contributed by atoms with Gasteiger partial charge in [-0.05, 0) is 12.3 Å². The van der Waals surface area contributed by atoms with Crippen LogP contribution in [0.3, 0.4) is 0 Å². The Balaban J connectivity index is 2.52. The minimum Gasteiger partial charge on any atom is -0.370 e. The van der Waals surface area contributed by atoms with E-state index in [2.05, 4.69) is 29.1 Å². The zero-order valence-electron chi connectivity index (χ0n) is 11.1.